The largest absolute Gasteiger partial charge is 0.310 e. The quantitative estimate of drug-likeness (QED) is 0.155. The third kappa shape index (κ3) is 5.23. The van der Waals surface area contributed by atoms with Crippen LogP contribution in [0, 0.1) is 0 Å². The maximum atomic E-state index is 2.49. The van der Waals surface area contributed by atoms with Crippen LogP contribution in [0.4, 0.5) is 17.1 Å². The van der Waals surface area contributed by atoms with Gasteiger partial charge < -0.3 is 4.90 Å². The molecule has 1 nitrogen and oxygen atoms in total. The van der Waals surface area contributed by atoms with Crippen LogP contribution in [-0.4, -0.2) is 0 Å². The van der Waals surface area contributed by atoms with Gasteiger partial charge in [0.1, 0.15) is 0 Å². The Bertz CT molecular complexity index is 3500. The van der Waals surface area contributed by atoms with Gasteiger partial charge in [0, 0.05) is 22.5 Å². The van der Waals surface area contributed by atoms with Gasteiger partial charge >= 0.3 is 0 Å². The summed E-state index contributed by atoms with van der Waals surface area (Å²) in [5.41, 5.74) is 22.8. The van der Waals surface area contributed by atoms with Crippen molar-refractivity contribution in [2.24, 2.45) is 0 Å². The monoisotopic (exact) mass is 841 g/mol. The summed E-state index contributed by atoms with van der Waals surface area (Å²) >= 11 is 0. The minimum atomic E-state index is -0.663. The van der Waals surface area contributed by atoms with Gasteiger partial charge in [0.05, 0.1) is 10.8 Å². The van der Waals surface area contributed by atoms with Crippen LogP contribution in [0.5, 0.6) is 0 Å². The molecule has 2 atom stereocenters. The van der Waals surface area contributed by atoms with Gasteiger partial charge in [0.25, 0.3) is 0 Å². The first kappa shape index (κ1) is 38.5. The second kappa shape index (κ2) is 14.5. The maximum Gasteiger partial charge on any atom is 0.0720 e. The van der Waals surface area contributed by atoms with E-state index in [4.69, 9.17) is 0 Å². The van der Waals surface area contributed by atoms with Gasteiger partial charge in [-0.25, -0.2) is 0 Å². The molecular weight excluding hydrogens is 795 g/mol. The summed E-state index contributed by atoms with van der Waals surface area (Å²) in [7, 11) is 0. The molecule has 0 aliphatic heterocycles. The molecule has 0 heterocycles. The van der Waals surface area contributed by atoms with Crippen molar-refractivity contribution in [1.29, 1.82) is 0 Å². The number of fused-ring (bicyclic) bond motifs is 8. The highest BCUT2D eigenvalue weighted by Gasteiger charge is 2.57. The van der Waals surface area contributed by atoms with Crippen molar-refractivity contribution < 1.29 is 0 Å². The molecule has 0 spiro atoms. The Kier molecular flexibility index (Phi) is 8.45. The highest BCUT2D eigenvalue weighted by molar-refractivity contribution is 5.92. The minimum Gasteiger partial charge on any atom is -0.310 e. The molecule has 10 aromatic rings. The Hall–Kier alpha value is -8.00. The second-order valence-corrected chi connectivity index (χ2v) is 18.8. The van der Waals surface area contributed by atoms with Gasteiger partial charge in [-0.2, -0.15) is 0 Å². The van der Waals surface area contributed by atoms with Crippen LogP contribution in [0.25, 0.3) is 33.4 Å². The molecule has 3 aliphatic rings. The van der Waals surface area contributed by atoms with E-state index in [1.54, 1.807) is 0 Å². The van der Waals surface area contributed by atoms with Gasteiger partial charge in [0.15, 0.2) is 0 Å². The van der Waals surface area contributed by atoms with Crippen molar-refractivity contribution in [3.8, 4) is 33.4 Å². The topological polar surface area (TPSA) is 3.24 Å². The van der Waals surface area contributed by atoms with E-state index in [-0.39, 0.29) is 5.41 Å². The molecule has 0 amide bonds. The maximum absolute atomic E-state index is 2.49. The van der Waals surface area contributed by atoms with Crippen molar-refractivity contribution in [2.45, 2.75) is 30.1 Å². The number of hydrogen-bond donors (Lipinski definition) is 0. The molecule has 10 aromatic carbocycles. The molecule has 2 unspecified atom stereocenters. The van der Waals surface area contributed by atoms with Crippen LogP contribution in [0.1, 0.15) is 69.5 Å². The summed E-state index contributed by atoms with van der Waals surface area (Å²) in [5.74, 6) is 0. The average Bonchev–Trinajstić information content (AvgIpc) is 3.82. The van der Waals surface area contributed by atoms with E-state index in [2.05, 4.69) is 267 Å². The third-order valence-corrected chi connectivity index (χ3v) is 15.2. The molecule has 0 N–H and O–H groups in total. The molecule has 0 saturated heterocycles. The number of rotatable bonds is 7. The zero-order valence-corrected chi connectivity index (χ0v) is 37.1. The predicted molar refractivity (Wildman–Crippen MR) is 273 cm³/mol. The fourth-order valence-electron chi connectivity index (χ4n) is 12.4. The average molecular weight is 842 g/mol. The predicted octanol–water partition coefficient (Wildman–Crippen LogP) is 16.2. The normalized spacial score (nSPS) is 17.8. The summed E-state index contributed by atoms with van der Waals surface area (Å²) in [6.45, 7) is 4.74. The van der Waals surface area contributed by atoms with Gasteiger partial charge in [-0.15, -0.1) is 0 Å². The smallest absolute Gasteiger partial charge is 0.0720 e. The molecule has 0 fully saturated rings. The van der Waals surface area contributed by atoms with Gasteiger partial charge in [-0.1, -0.05) is 226 Å². The van der Waals surface area contributed by atoms with E-state index in [1.807, 2.05) is 0 Å². The fourth-order valence-corrected chi connectivity index (χ4v) is 12.4. The minimum absolute atomic E-state index is 0.147. The molecule has 13 rings (SSSR count). The van der Waals surface area contributed by atoms with Crippen LogP contribution in [-0.2, 0) is 16.2 Å². The Balaban J connectivity index is 1.08. The van der Waals surface area contributed by atoms with Gasteiger partial charge in [-0.3, -0.25) is 0 Å². The molecule has 3 aliphatic carbocycles. The molecule has 0 aromatic heterocycles. The van der Waals surface area contributed by atoms with E-state index in [0.717, 1.165) is 17.1 Å². The standard InChI is InChI=1S/C65H47N/c1-63(2)56-31-14-12-28-52(56)54-41-40-51(43-61(54)63)66(49-38-36-45(37-39-49)44-20-6-3-7-21-44)50-27-18-26-48(42-50)64(46-22-8-4-9-23-46)58-33-16-17-34-59(58)65(47-24-10-5-11-25-47)57-32-15-13-29-53(57)55-30-19-35-60(64)62(55)65/h3-43H,1-2H3. The molecule has 66 heavy (non-hydrogen) atoms. The van der Waals surface area contributed by atoms with Gasteiger partial charge in [-0.05, 0) is 125 Å². The summed E-state index contributed by atoms with van der Waals surface area (Å²) in [5, 5.41) is 0. The number of hydrogen-bond acceptors (Lipinski definition) is 1. The van der Waals surface area contributed by atoms with E-state index in [1.165, 1.54) is 89.0 Å². The van der Waals surface area contributed by atoms with Crippen molar-refractivity contribution >= 4 is 17.1 Å². The summed E-state index contributed by atoms with van der Waals surface area (Å²) in [6.07, 6.45) is 0. The molecule has 312 valence electrons. The van der Waals surface area contributed by atoms with Crippen molar-refractivity contribution in [3.63, 3.8) is 0 Å². The lowest BCUT2D eigenvalue weighted by Crippen LogP contribution is -2.44. The summed E-state index contributed by atoms with van der Waals surface area (Å²) in [4.78, 5) is 2.48. The van der Waals surface area contributed by atoms with E-state index >= 15 is 0 Å². The van der Waals surface area contributed by atoms with E-state index in [0.29, 0.717) is 0 Å². The molecule has 0 bridgehead atoms. The lowest BCUT2D eigenvalue weighted by molar-refractivity contribution is 0.627. The van der Waals surface area contributed by atoms with Crippen molar-refractivity contribution in [1.82, 2.24) is 0 Å². The highest BCUT2D eigenvalue weighted by atomic mass is 15.1. The van der Waals surface area contributed by atoms with Crippen LogP contribution in [0.3, 0.4) is 0 Å². The Morgan fingerprint density at radius 3 is 1.42 bits per heavy atom. The third-order valence-electron chi connectivity index (χ3n) is 15.2. The first-order valence-electron chi connectivity index (χ1n) is 23.3. The second-order valence-electron chi connectivity index (χ2n) is 18.8. The van der Waals surface area contributed by atoms with Crippen LogP contribution in [0.15, 0.2) is 249 Å². The zero-order chi connectivity index (χ0) is 44.0. The van der Waals surface area contributed by atoms with Gasteiger partial charge in [0.2, 0.25) is 0 Å². The zero-order valence-electron chi connectivity index (χ0n) is 37.1. The van der Waals surface area contributed by atoms with Crippen LogP contribution >= 0.6 is 0 Å². The van der Waals surface area contributed by atoms with Crippen LogP contribution < -0.4 is 4.90 Å². The molecule has 1 heteroatoms. The number of anilines is 3. The fraction of sp³-hybridized carbons (Fsp3) is 0.0769. The number of nitrogens with zero attached hydrogens (tertiary/aromatic N) is 1. The lowest BCUT2D eigenvalue weighted by Gasteiger charge is -2.49. The molecule has 0 radical (unpaired) electrons. The Morgan fingerprint density at radius 1 is 0.273 bits per heavy atom. The number of benzene rings is 10. The summed E-state index contributed by atoms with van der Waals surface area (Å²) in [6, 6.07) is 93.4. The Labute approximate surface area is 388 Å². The van der Waals surface area contributed by atoms with Crippen molar-refractivity contribution in [3.05, 3.63) is 304 Å². The van der Waals surface area contributed by atoms with Crippen LogP contribution in [0.2, 0.25) is 0 Å². The SMILES string of the molecule is CC1(C)c2ccccc2-c2ccc(N(c3ccc(-c4ccccc4)cc3)c3cccc(C4(c5ccccc5)c5ccccc5C5(c6ccccc6)c6ccccc6-c6cccc4c65)c3)cc21. The van der Waals surface area contributed by atoms with E-state index in [9.17, 15) is 0 Å². The Morgan fingerprint density at radius 2 is 0.727 bits per heavy atom. The molecular formula is C65H47N. The first-order chi connectivity index (χ1) is 32.5. The molecule has 0 saturated carbocycles. The highest BCUT2D eigenvalue weighted by Crippen LogP contribution is 2.66. The lowest BCUT2D eigenvalue weighted by atomic mass is 9.51. The summed E-state index contributed by atoms with van der Waals surface area (Å²) < 4.78 is 0. The van der Waals surface area contributed by atoms with E-state index < -0.39 is 10.8 Å². The van der Waals surface area contributed by atoms with Crippen molar-refractivity contribution in [2.75, 3.05) is 4.90 Å². The first-order valence-corrected chi connectivity index (χ1v) is 23.3.